The first-order chi connectivity index (χ1) is 9.86. The molecule has 0 radical (unpaired) electrons. The van der Waals surface area contributed by atoms with Crippen molar-refractivity contribution in [3.8, 4) is 0 Å². The Bertz CT molecular complexity index is 600. The van der Waals surface area contributed by atoms with Crippen LogP contribution in [0.4, 0.5) is 0 Å². The molecule has 1 aliphatic rings. The zero-order chi connectivity index (χ0) is 15.6. The lowest BCUT2D eigenvalue weighted by atomic mass is 9.96. The Labute approximate surface area is 130 Å². The quantitative estimate of drug-likeness (QED) is 0.600. The van der Waals surface area contributed by atoms with E-state index < -0.39 is 9.84 Å². The molecule has 6 nitrogen and oxygen atoms in total. The molecule has 2 unspecified atom stereocenters. The van der Waals surface area contributed by atoms with Crippen LogP contribution in [0.1, 0.15) is 31.2 Å². The predicted molar refractivity (Wildman–Crippen MR) is 83.8 cm³/mol. The molecule has 0 bridgehead atoms. The number of hydrogen-bond acceptors (Lipinski definition) is 5. The van der Waals surface area contributed by atoms with Crippen LogP contribution in [0, 0.1) is 12.8 Å². The van der Waals surface area contributed by atoms with Crippen LogP contribution in [0.15, 0.2) is 0 Å². The fourth-order valence-electron chi connectivity index (χ4n) is 2.97. The minimum Gasteiger partial charge on any atom is -0.271 e. The summed E-state index contributed by atoms with van der Waals surface area (Å²) in [5.41, 5.74) is 4.57. The molecule has 2 heterocycles. The van der Waals surface area contributed by atoms with E-state index in [-0.39, 0.29) is 17.7 Å². The third-order valence-corrected chi connectivity index (χ3v) is 6.40. The lowest BCUT2D eigenvalue weighted by molar-refractivity contribution is 0.400. The second kappa shape index (κ2) is 6.64. The van der Waals surface area contributed by atoms with Gasteiger partial charge in [-0.2, -0.15) is 5.10 Å². The molecule has 1 aromatic heterocycles. The molecule has 1 aromatic rings. The fraction of sp³-hybridized carbons (Fsp3) is 0.769. The zero-order valence-corrected chi connectivity index (χ0v) is 14.0. The van der Waals surface area contributed by atoms with Crippen molar-refractivity contribution in [1.82, 2.24) is 15.2 Å². The summed E-state index contributed by atoms with van der Waals surface area (Å²) in [6, 6.07) is 0.00204. The van der Waals surface area contributed by atoms with Crippen molar-refractivity contribution in [2.75, 3.05) is 11.5 Å². The summed E-state index contributed by atoms with van der Waals surface area (Å²) in [5, 5.41) is 5.07. The van der Waals surface area contributed by atoms with Crippen molar-refractivity contribution in [1.29, 1.82) is 0 Å². The summed E-state index contributed by atoms with van der Waals surface area (Å²) < 4.78 is 25.0. The zero-order valence-electron chi connectivity index (χ0n) is 12.5. The Morgan fingerprint density at radius 1 is 1.57 bits per heavy atom. The lowest BCUT2D eigenvalue weighted by Crippen LogP contribution is -2.39. The van der Waals surface area contributed by atoms with Gasteiger partial charge in [0.25, 0.3) is 0 Å². The lowest BCUT2D eigenvalue weighted by Gasteiger charge is -2.19. The van der Waals surface area contributed by atoms with Gasteiger partial charge in [-0.1, -0.05) is 11.6 Å². The monoisotopic (exact) mass is 334 g/mol. The van der Waals surface area contributed by atoms with Crippen LogP contribution >= 0.6 is 11.6 Å². The standard InChI is InChI=1S/C13H23ClN4O2S/c1-3-18-12(13(14)9(2)17-18)7-11(16-15)6-10-4-5-21(19,20)8-10/h10-11,16H,3-8,15H2,1-2H3. The molecule has 0 saturated carbocycles. The summed E-state index contributed by atoms with van der Waals surface area (Å²) in [6.45, 7) is 4.64. The van der Waals surface area contributed by atoms with Gasteiger partial charge in [0.1, 0.15) is 0 Å². The van der Waals surface area contributed by atoms with E-state index >= 15 is 0 Å². The second-order valence-electron chi connectivity index (χ2n) is 5.73. The number of aromatic nitrogens is 2. The van der Waals surface area contributed by atoms with Crippen molar-refractivity contribution in [3.63, 3.8) is 0 Å². The highest BCUT2D eigenvalue weighted by molar-refractivity contribution is 7.91. The number of nitrogens with two attached hydrogens (primary N) is 1. The molecule has 2 rings (SSSR count). The molecule has 0 aliphatic carbocycles. The first-order valence-corrected chi connectivity index (χ1v) is 9.44. The molecule has 0 aromatic carbocycles. The normalized spacial score (nSPS) is 22.6. The third-order valence-electron chi connectivity index (χ3n) is 4.07. The van der Waals surface area contributed by atoms with Gasteiger partial charge >= 0.3 is 0 Å². The first kappa shape index (κ1) is 16.7. The average Bonchev–Trinajstić information content (AvgIpc) is 2.91. The molecule has 1 saturated heterocycles. The predicted octanol–water partition coefficient (Wildman–Crippen LogP) is 1.06. The summed E-state index contributed by atoms with van der Waals surface area (Å²) >= 11 is 6.31. The highest BCUT2D eigenvalue weighted by Gasteiger charge is 2.30. The van der Waals surface area contributed by atoms with Crippen molar-refractivity contribution in [2.24, 2.45) is 11.8 Å². The number of nitrogens with one attached hydrogen (secondary N) is 1. The molecule has 1 aliphatic heterocycles. The van der Waals surface area contributed by atoms with Gasteiger partial charge in [0, 0.05) is 19.0 Å². The van der Waals surface area contributed by atoms with E-state index in [1.165, 1.54) is 0 Å². The van der Waals surface area contributed by atoms with E-state index in [2.05, 4.69) is 10.5 Å². The Morgan fingerprint density at radius 2 is 2.29 bits per heavy atom. The van der Waals surface area contributed by atoms with Crippen LogP contribution < -0.4 is 11.3 Å². The van der Waals surface area contributed by atoms with Gasteiger partial charge in [-0.25, -0.2) is 8.42 Å². The van der Waals surface area contributed by atoms with Crippen molar-refractivity contribution in [3.05, 3.63) is 16.4 Å². The Kier molecular flexibility index (Phi) is 5.29. The van der Waals surface area contributed by atoms with Gasteiger partial charge in [-0.3, -0.25) is 16.0 Å². The number of halogens is 1. The number of hydrogen-bond donors (Lipinski definition) is 2. The molecule has 120 valence electrons. The van der Waals surface area contributed by atoms with Crippen LogP contribution in [0.5, 0.6) is 0 Å². The molecule has 2 atom stereocenters. The van der Waals surface area contributed by atoms with Crippen molar-refractivity contribution < 1.29 is 8.42 Å². The maximum Gasteiger partial charge on any atom is 0.150 e. The van der Waals surface area contributed by atoms with Crippen LogP contribution in [0.3, 0.4) is 0 Å². The highest BCUT2D eigenvalue weighted by atomic mass is 35.5. The molecule has 0 amide bonds. The van der Waals surface area contributed by atoms with Gasteiger partial charge in [-0.15, -0.1) is 0 Å². The van der Waals surface area contributed by atoms with E-state index in [0.717, 1.165) is 30.8 Å². The van der Waals surface area contributed by atoms with E-state index in [4.69, 9.17) is 17.4 Å². The van der Waals surface area contributed by atoms with Gasteiger partial charge < -0.3 is 0 Å². The Morgan fingerprint density at radius 3 is 2.81 bits per heavy atom. The van der Waals surface area contributed by atoms with E-state index in [1.54, 1.807) is 0 Å². The Balaban J connectivity index is 2.06. The van der Waals surface area contributed by atoms with E-state index in [9.17, 15) is 8.42 Å². The molecule has 21 heavy (non-hydrogen) atoms. The van der Waals surface area contributed by atoms with E-state index in [0.29, 0.717) is 17.2 Å². The third kappa shape index (κ3) is 3.97. The minimum atomic E-state index is -2.85. The van der Waals surface area contributed by atoms with Crippen LogP contribution in [0.25, 0.3) is 0 Å². The molecular formula is C13H23ClN4O2S. The topological polar surface area (TPSA) is 90.0 Å². The smallest absolute Gasteiger partial charge is 0.150 e. The van der Waals surface area contributed by atoms with E-state index in [1.807, 2.05) is 18.5 Å². The molecule has 0 spiro atoms. The second-order valence-corrected chi connectivity index (χ2v) is 8.34. The van der Waals surface area contributed by atoms with Crippen LogP contribution in [-0.2, 0) is 22.8 Å². The van der Waals surface area contributed by atoms with Crippen LogP contribution in [-0.4, -0.2) is 35.7 Å². The number of rotatable bonds is 6. The molecular weight excluding hydrogens is 312 g/mol. The van der Waals surface area contributed by atoms with Crippen LogP contribution in [0.2, 0.25) is 5.02 Å². The molecule has 8 heteroatoms. The SMILES string of the molecule is CCn1nc(C)c(Cl)c1CC(CC1CCS(=O)(=O)C1)NN. The fourth-order valence-corrected chi connectivity index (χ4v) is 5.06. The van der Waals surface area contributed by atoms with Gasteiger partial charge in [0.15, 0.2) is 9.84 Å². The number of hydrazine groups is 1. The minimum absolute atomic E-state index is 0.00204. The number of aryl methyl sites for hydroxylation is 2. The number of sulfone groups is 1. The van der Waals surface area contributed by atoms with Crippen molar-refractivity contribution >= 4 is 21.4 Å². The summed E-state index contributed by atoms with van der Waals surface area (Å²) in [7, 11) is -2.85. The van der Waals surface area contributed by atoms with Gasteiger partial charge in [0.2, 0.25) is 0 Å². The average molecular weight is 335 g/mol. The summed E-state index contributed by atoms with van der Waals surface area (Å²) in [6.07, 6.45) is 2.11. The maximum absolute atomic E-state index is 11.5. The maximum atomic E-state index is 11.5. The molecule has 1 fully saturated rings. The van der Waals surface area contributed by atoms with Crippen molar-refractivity contribution in [2.45, 2.75) is 45.7 Å². The first-order valence-electron chi connectivity index (χ1n) is 7.24. The van der Waals surface area contributed by atoms with Gasteiger partial charge in [-0.05, 0) is 32.6 Å². The summed E-state index contributed by atoms with van der Waals surface area (Å²) in [4.78, 5) is 0. The molecule has 3 N–H and O–H groups in total. The Hall–Kier alpha value is -0.630. The summed E-state index contributed by atoms with van der Waals surface area (Å²) in [5.74, 6) is 6.38. The largest absolute Gasteiger partial charge is 0.271 e. The highest BCUT2D eigenvalue weighted by Crippen LogP contribution is 2.26. The number of nitrogens with zero attached hydrogens (tertiary/aromatic N) is 2. The van der Waals surface area contributed by atoms with Gasteiger partial charge in [0.05, 0.1) is 27.9 Å².